The molecule has 0 atom stereocenters. The fourth-order valence-corrected chi connectivity index (χ4v) is 9.60. The predicted octanol–water partition coefficient (Wildman–Crippen LogP) is 13.9. The Hall–Kier alpha value is -7.41. The number of hydrogen-bond acceptors (Lipinski definition) is 5. The van der Waals surface area contributed by atoms with Crippen molar-refractivity contribution in [2.75, 3.05) is 0 Å². The van der Waals surface area contributed by atoms with Crippen LogP contribution in [-0.4, -0.2) is 19.5 Å². The second-order valence-corrected chi connectivity index (χ2v) is 15.4. The fraction of sp³-hybridized carbons (Fsp3) is 0. The Morgan fingerprint density at radius 1 is 0.404 bits per heavy atom. The molecule has 0 radical (unpaired) electrons. The molecular formula is C51H30N4OS. The van der Waals surface area contributed by atoms with Gasteiger partial charge in [0, 0.05) is 69.7 Å². The first-order valence-electron chi connectivity index (χ1n) is 19.0. The van der Waals surface area contributed by atoms with Crippen LogP contribution in [0, 0.1) is 0 Å². The number of rotatable bonds is 5. The van der Waals surface area contributed by atoms with E-state index in [4.69, 9.17) is 19.4 Å². The number of furan rings is 1. The molecule has 0 amide bonds. The van der Waals surface area contributed by atoms with Crippen molar-refractivity contribution in [2.45, 2.75) is 0 Å². The minimum atomic E-state index is 0.613. The van der Waals surface area contributed by atoms with E-state index in [2.05, 4.69) is 126 Å². The zero-order valence-corrected chi connectivity index (χ0v) is 31.2. The van der Waals surface area contributed by atoms with Gasteiger partial charge in [0.15, 0.2) is 17.5 Å². The third-order valence-corrected chi connectivity index (χ3v) is 12.2. The minimum absolute atomic E-state index is 0.613. The van der Waals surface area contributed by atoms with Crippen LogP contribution in [0.2, 0.25) is 0 Å². The predicted molar refractivity (Wildman–Crippen MR) is 236 cm³/mol. The quantitative estimate of drug-likeness (QED) is 0.176. The average molecular weight is 747 g/mol. The van der Waals surface area contributed by atoms with Crippen molar-refractivity contribution in [1.82, 2.24) is 19.5 Å². The number of aromatic nitrogens is 4. The van der Waals surface area contributed by atoms with Crippen molar-refractivity contribution < 1.29 is 4.42 Å². The number of fused-ring (bicyclic) bond motifs is 9. The van der Waals surface area contributed by atoms with Gasteiger partial charge in [-0.3, -0.25) is 0 Å². The molecule has 0 unspecified atom stereocenters. The topological polar surface area (TPSA) is 56.7 Å². The van der Waals surface area contributed by atoms with Crippen molar-refractivity contribution in [1.29, 1.82) is 0 Å². The smallest absolute Gasteiger partial charge is 0.164 e. The molecule has 0 saturated heterocycles. The van der Waals surface area contributed by atoms with Gasteiger partial charge in [-0.05, 0) is 72.3 Å². The lowest BCUT2D eigenvalue weighted by Gasteiger charge is -2.13. The summed E-state index contributed by atoms with van der Waals surface area (Å²) < 4.78 is 11.0. The van der Waals surface area contributed by atoms with Crippen LogP contribution < -0.4 is 0 Å². The molecule has 12 aromatic rings. The number of thiophene rings is 1. The molecular weight excluding hydrogens is 717 g/mol. The summed E-state index contributed by atoms with van der Waals surface area (Å²) >= 11 is 1.82. The van der Waals surface area contributed by atoms with Gasteiger partial charge in [0.2, 0.25) is 0 Å². The maximum absolute atomic E-state index is 6.15. The molecule has 0 spiro atoms. The van der Waals surface area contributed by atoms with Crippen LogP contribution in [0.25, 0.3) is 115 Å². The zero-order valence-electron chi connectivity index (χ0n) is 30.4. The Balaban J connectivity index is 1.08. The summed E-state index contributed by atoms with van der Waals surface area (Å²) in [5.74, 6) is 1.87. The number of para-hydroxylation sites is 4. The van der Waals surface area contributed by atoms with Crippen molar-refractivity contribution in [2.24, 2.45) is 0 Å². The average Bonchev–Trinajstić information content (AvgIpc) is 3.96. The molecule has 4 heterocycles. The summed E-state index contributed by atoms with van der Waals surface area (Å²) in [6.45, 7) is 0. The molecule has 8 aromatic carbocycles. The highest BCUT2D eigenvalue weighted by Crippen LogP contribution is 2.45. The second-order valence-electron chi connectivity index (χ2n) is 14.4. The molecule has 0 aliphatic heterocycles. The normalized spacial score (nSPS) is 11.9. The summed E-state index contributed by atoms with van der Waals surface area (Å²) in [4.78, 5) is 15.4. The third kappa shape index (κ3) is 5.04. The third-order valence-electron chi connectivity index (χ3n) is 11.1. The van der Waals surface area contributed by atoms with Crippen LogP contribution in [0.3, 0.4) is 0 Å². The SMILES string of the molecule is c1ccc(-c2nc(-c3ccc4oc5ccccc5c4c3)nc(-c3ccc4sc5cccc(-c6cccc7c8ccccc8n(-c8ccccc8)c67)c5c4c3)n2)cc1. The molecule has 0 saturated carbocycles. The van der Waals surface area contributed by atoms with E-state index in [9.17, 15) is 0 Å². The number of hydrogen-bond donors (Lipinski definition) is 0. The first kappa shape index (κ1) is 31.9. The van der Waals surface area contributed by atoms with Crippen molar-refractivity contribution in [3.63, 3.8) is 0 Å². The van der Waals surface area contributed by atoms with Gasteiger partial charge in [-0.25, -0.2) is 15.0 Å². The summed E-state index contributed by atoms with van der Waals surface area (Å²) in [7, 11) is 0. The highest BCUT2D eigenvalue weighted by atomic mass is 32.1. The highest BCUT2D eigenvalue weighted by molar-refractivity contribution is 7.26. The summed E-state index contributed by atoms with van der Waals surface area (Å²) in [5.41, 5.74) is 10.4. The molecule has 0 N–H and O–H groups in total. The van der Waals surface area contributed by atoms with Crippen LogP contribution in [0.1, 0.15) is 0 Å². The van der Waals surface area contributed by atoms with Gasteiger partial charge in [0.1, 0.15) is 11.2 Å². The van der Waals surface area contributed by atoms with E-state index in [-0.39, 0.29) is 0 Å². The van der Waals surface area contributed by atoms with Gasteiger partial charge < -0.3 is 8.98 Å². The van der Waals surface area contributed by atoms with Crippen molar-refractivity contribution >= 4 is 75.3 Å². The maximum Gasteiger partial charge on any atom is 0.164 e. The lowest BCUT2D eigenvalue weighted by molar-refractivity contribution is 0.669. The molecule has 0 fully saturated rings. The molecule has 0 aliphatic rings. The molecule has 4 aromatic heterocycles. The van der Waals surface area contributed by atoms with Gasteiger partial charge in [-0.1, -0.05) is 115 Å². The Kier molecular flexibility index (Phi) is 7.03. The van der Waals surface area contributed by atoms with E-state index in [0.29, 0.717) is 17.5 Å². The number of nitrogens with zero attached hydrogens (tertiary/aromatic N) is 4. The molecule has 57 heavy (non-hydrogen) atoms. The van der Waals surface area contributed by atoms with E-state index in [1.165, 1.54) is 53.1 Å². The molecule has 266 valence electrons. The van der Waals surface area contributed by atoms with Crippen LogP contribution in [0.5, 0.6) is 0 Å². The highest BCUT2D eigenvalue weighted by Gasteiger charge is 2.20. The fourth-order valence-electron chi connectivity index (χ4n) is 8.49. The Morgan fingerprint density at radius 2 is 1.02 bits per heavy atom. The van der Waals surface area contributed by atoms with E-state index >= 15 is 0 Å². The van der Waals surface area contributed by atoms with Crippen LogP contribution >= 0.6 is 11.3 Å². The molecule has 12 rings (SSSR count). The largest absolute Gasteiger partial charge is 0.456 e. The first-order valence-corrected chi connectivity index (χ1v) is 19.8. The van der Waals surface area contributed by atoms with Gasteiger partial charge in [-0.2, -0.15) is 0 Å². The van der Waals surface area contributed by atoms with Gasteiger partial charge >= 0.3 is 0 Å². The van der Waals surface area contributed by atoms with E-state index in [1.54, 1.807) is 0 Å². The van der Waals surface area contributed by atoms with Crippen LogP contribution in [0.15, 0.2) is 186 Å². The lowest BCUT2D eigenvalue weighted by atomic mass is 9.96. The molecule has 0 bridgehead atoms. The van der Waals surface area contributed by atoms with E-state index in [1.807, 2.05) is 72.0 Å². The van der Waals surface area contributed by atoms with Crippen LogP contribution in [-0.2, 0) is 0 Å². The minimum Gasteiger partial charge on any atom is -0.456 e. The van der Waals surface area contributed by atoms with Crippen molar-refractivity contribution in [3.8, 4) is 51.0 Å². The van der Waals surface area contributed by atoms with Crippen molar-refractivity contribution in [3.05, 3.63) is 182 Å². The van der Waals surface area contributed by atoms with Gasteiger partial charge in [-0.15, -0.1) is 11.3 Å². The molecule has 0 aliphatic carbocycles. The Labute approximate surface area is 330 Å². The van der Waals surface area contributed by atoms with Gasteiger partial charge in [0.05, 0.1) is 11.0 Å². The standard InChI is InChI=1S/C51H30N4OS/c1-3-13-31(14-4-1)49-52-50(32-25-27-44-40(29-32)36-18-8-10-23-43(36)56-44)54-51(53-49)33-26-28-45-41(30-33)47-37(19-12-24-46(47)57-45)39-21-11-20-38-35-17-7-9-22-42(35)55(48(38)39)34-15-5-2-6-16-34/h1-30H. The monoisotopic (exact) mass is 746 g/mol. The lowest BCUT2D eigenvalue weighted by Crippen LogP contribution is -2.00. The Bertz CT molecular complexity index is 3530. The van der Waals surface area contributed by atoms with E-state index < -0.39 is 0 Å². The Morgan fingerprint density at radius 3 is 1.84 bits per heavy atom. The summed E-state index contributed by atoms with van der Waals surface area (Å²) in [6.07, 6.45) is 0. The summed E-state index contributed by atoms with van der Waals surface area (Å²) in [5, 5.41) is 6.98. The van der Waals surface area contributed by atoms with Gasteiger partial charge in [0.25, 0.3) is 0 Å². The number of benzene rings is 8. The zero-order chi connectivity index (χ0) is 37.5. The van der Waals surface area contributed by atoms with E-state index in [0.717, 1.165) is 44.3 Å². The maximum atomic E-state index is 6.15. The molecule has 5 nitrogen and oxygen atoms in total. The first-order chi connectivity index (χ1) is 28.2. The van der Waals surface area contributed by atoms with Crippen LogP contribution in [0.4, 0.5) is 0 Å². The second kappa shape index (κ2) is 12.6. The summed E-state index contributed by atoms with van der Waals surface area (Å²) in [6, 6.07) is 63.9. The molecule has 6 heteroatoms.